The second-order valence-corrected chi connectivity index (χ2v) is 17.0. The van der Waals surface area contributed by atoms with Gasteiger partial charge in [-0.3, -0.25) is 28.8 Å². The van der Waals surface area contributed by atoms with Gasteiger partial charge in [-0.1, -0.05) is 196 Å². The van der Waals surface area contributed by atoms with Gasteiger partial charge < -0.3 is 5.11 Å². The Morgan fingerprint density at radius 3 is 0.768 bits per heavy atom. The highest BCUT2D eigenvalue weighted by Gasteiger charge is 2.44. The fourth-order valence-corrected chi connectivity index (χ4v) is 8.23. The van der Waals surface area contributed by atoms with E-state index < -0.39 is 58.8 Å². The lowest BCUT2D eigenvalue weighted by Gasteiger charge is -2.28. The Bertz CT molecular complexity index is 1080. The molecule has 0 fully saturated rings. The van der Waals surface area contributed by atoms with Gasteiger partial charge >= 0.3 is 0 Å². The van der Waals surface area contributed by atoms with Crippen molar-refractivity contribution >= 4 is 34.7 Å². The second kappa shape index (κ2) is 35.0. The van der Waals surface area contributed by atoms with Crippen LogP contribution in [0, 0.1) is 29.6 Å². The molecule has 0 aromatic rings. The molecule has 0 aliphatic carbocycles. The molecule has 0 heterocycles. The lowest BCUT2D eigenvalue weighted by molar-refractivity contribution is -0.146. The third-order valence-electron chi connectivity index (χ3n) is 12.0. The van der Waals surface area contributed by atoms with Crippen molar-refractivity contribution in [1.29, 1.82) is 0 Å². The molecule has 0 aliphatic rings. The second-order valence-electron chi connectivity index (χ2n) is 17.0. The van der Waals surface area contributed by atoms with Crippen molar-refractivity contribution in [2.75, 3.05) is 0 Å². The summed E-state index contributed by atoms with van der Waals surface area (Å²) in [4.78, 5) is 86.1. The number of hydrogen-bond donors (Lipinski definition) is 1. The van der Waals surface area contributed by atoms with Crippen LogP contribution in [0.2, 0.25) is 0 Å². The summed E-state index contributed by atoms with van der Waals surface area (Å²) >= 11 is 0. The molecule has 6 atom stereocenters. The lowest BCUT2D eigenvalue weighted by Crippen LogP contribution is -2.44. The molecule has 0 saturated heterocycles. The normalized spacial score (nSPS) is 14.8. The van der Waals surface area contributed by atoms with Crippen LogP contribution in [0.25, 0.3) is 0 Å². The van der Waals surface area contributed by atoms with E-state index >= 15 is 4.79 Å². The molecular formula is C49H88O7. The number of carbonyl (C=O) groups is 6. The monoisotopic (exact) mass is 789 g/mol. The van der Waals surface area contributed by atoms with E-state index in [9.17, 15) is 29.1 Å². The van der Waals surface area contributed by atoms with E-state index in [1.807, 2.05) is 0 Å². The van der Waals surface area contributed by atoms with Gasteiger partial charge in [-0.2, -0.15) is 0 Å². The predicted molar refractivity (Wildman–Crippen MR) is 232 cm³/mol. The van der Waals surface area contributed by atoms with Crippen molar-refractivity contribution in [2.24, 2.45) is 29.6 Å². The van der Waals surface area contributed by atoms with Crippen molar-refractivity contribution in [1.82, 2.24) is 0 Å². The average molecular weight is 789 g/mol. The molecule has 0 amide bonds. The molecule has 0 radical (unpaired) electrons. The molecule has 0 aliphatic heterocycles. The molecule has 7 heteroatoms. The first-order chi connectivity index (χ1) is 27.0. The van der Waals surface area contributed by atoms with Crippen molar-refractivity contribution in [3.05, 3.63) is 0 Å². The summed E-state index contributed by atoms with van der Waals surface area (Å²) in [5.74, 6) is -7.74. The third-order valence-corrected chi connectivity index (χ3v) is 12.0. The zero-order valence-electron chi connectivity index (χ0n) is 37.6. The van der Waals surface area contributed by atoms with Crippen molar-refractivity contribution in [3.63, 3.8) is 0 Å². The molecule has 0 bridgehead atoms. The van der Waals surface area contributed by atoms with Gasteiger partial charge in [0, 0.05) is 0 Å². The number of aliphatic hydroxyl groups is 1. The summed E-state index contributed by atoms with van der Waals surface area (Å²) in [6.07, 6.45) is 21.5. The zero-order chi connectivity index (χ0) is 42.1. The molecule has 0 spiro atoms. The molecule has 0 saturated carbocycles. The molecule has 326 valence electrons. The van der Waals surface area contributed by atoms with Crippen molar-refractivity contribution < 1.29 is 33.9 Å². The lowest BCUT2D eigenvalue weighted by atomic mass is 9.72. The number of Topliss-reactive ketones (excluding diaryl/α,β-unsaturated/α-hetero) is 6. The largest absolute Gasteiger partial charge is 0.385 e. The Kier molecular flexibility index (Phi) is 33.7. The highest BCUT2D eigenvalue weighted by molar-refractivity contribution is 6.20. The minimum Gasteiger partial charge on any atom is -0.385 e. The smallest absolute Gasteiger partial charge is 0.171 e. The Hall–Kier alpha value is -2.02. The molecule has 0 rings (SSSR count). The quantitative estimate of drug-likeness (QED) is 0.0483. The minimum atomic E-state index is -1.26. The third kappa shape index (κ3) is 22.2. The minimum absolute atomic E-state index is 0.231. The first kappa shape index (κ1) is 54.0. The number of aliphatic hydroxyl groups excluding tert-OH is 1. The molecule has 56 heavy (non-hydrogen) atoms. The molecule has 0 aromatic heterocycles. The van der Waals surface area contributed by atoms with Gasteiger partial charge in [0.15, 0.2) is 28.9 Å². The van der Waals surface area contributed by atoms with Gasteiger partial charge in [-0.05, 0) is 45.4 Å². The first-order valence-corrected chi connectivity index (χ1v) is 23.9. The number of hydrogen-bond acceptors (Lipinski definition) is 7. The number of carbonyl (C=O) groups excluding carboxylic acids is 6. The summed E-state index contributed by atoms with van der Waals surface area (Å²) < 4.78 is 0. The van der Waals surface area contributed by atoms with Gasteiger partial charge in [0.2, 0.25) is 0 Å². The molecular weight excluding hydrogens is 701 g/mol. The Labute approximate surface area is 344 Å². The fourth-order valence-electron chi connectivity index (χ4n) is 8.23. The van der Waals surface area contributed by atoms with Gasteiger partial charge in [0.1, 0.15) is 11.9 Å². The van der Waals surface area contributed by atoms with Crippen LogP contribution in [-0.2, 0) is 28.8 Å². The highest BCUT2D eigenvalue weighted by Crippen LogP contribution is 2.32. The van der Waals surface area contributed by atoms with Crippen LogP contribution in [-0.4, -0.2) is 45.9 Å². The van der Waals surface area contributed by atoms with E-state index in [-0.39, 0.29) is 30.8 Å². The SMILES string of the molecule is CCCCCCC(O)C(=O)C(CCCCCC)C(=O)C(CCCCCC)C(=O)C(CCCCCC)C(=O)C(CCCCCC)C(=O)C(CCCCCC)C(C)=O. The molecule has 6 unspecified atom stereocenters. The van der Waals surface area contributed by atoms with E-state index in [1.54, 1.807) is 0 Å². The van der Waals surface area contributed by atoms with E-state index in [0.29, 0.717) is 51.4 Å². The van der Waals surface area contributed by atoms with E-state index in [4.69, 9.17) is 0 Å². The summed E-state index contributed by atoms with van der Waals surface area (Å²) in [7, 11) is 0. The van der Waals surface area contributed by atoms with Crippen LogP contribution >= 0.6 is 0 Å². The predicted octanol–water partition coefficient (Wildman–Crippen LogP) is 12.7. The Balaban J connectivity index is 7.06. The van der Waals surface area contributed by atoms with E-state index in [2.05, 4.69) is 41.5 Å². The highest BCUT2D eigenvalue weighted by atomic mass is 16.3. The maximum absolute atomic E-state index is 15.0. The first-order valence-electron chi connectivity index (χ1n) is 23.9. The summed E-state index contributed by atoms with van der Waals surface area (Å²) in [6.45, 7) is 14.1. The average Bonchev–Trinajstić information content (AvgIpc) is 3.18. The maximum Gasteiger partial charge on any atom is 0.171 e. The van der Waals surface area contributed by atoms with Crippen molar-refractivity contribution in [2.45, 2.75) is 247 Å². The van der Waals surface area contributed by atoms with Crippen LogP contribution < -0.4 is 0 Å². The van der Waals surface area contributed by atoms with E-state index in [0.717, 1.165) is 122 Å². The Morgan fingerprint density at radius 1 is 0.304 bits per heavy atom. The van der Waals surface area contributed by atoms with Crippen LogP contribution in [0.5, 0.6) is 0 Å². The summed E-state index contributed by atoms with van der Waals surface area (Å²) in [5, 5.41) is 11.1. The standard InChI is InChI=1S/C49H88O7/c1-8-14-20-26-32-39(38(7)50)45(52)40(33-27-21-15-9-2)46(53)41(34-28-22-16-10-3)47(54)42(35-29-23-17-11-4)48(55)43(36-30-24-18-12-5)49(56)44(51)37-31-25-19-13-6/h39-44,51H,8-37H2,1-7H3. The maximum atomic E-state index is 15.0. The Morgan fingerprint density at radius 2 is 0.518 bits per heavy atom. The van der Waals surface area contributed by atoms with Crippen LogP contribution in [0.15, 0.2) is 0 Å². The van der Waals surface area contributed by atoms with Crippen LogP contribution in [0.4, 0.5) is 0 Å². The summed E-state index contributed by atoms with van der Waals surface area (Å²) in [5.41, 5.74) is 0. The number of unbranched alkanes of at least 4 members (excludes halogenated alkanes) is 18. The van der Waals surface area contributed by atoms with E-state index in [1.165, 1.54) is 6.92 Å². The van der Waals surface area contributed by atoms with Gasteiger partial charge in [-0.25, -0.2) is 0 Å². The van der Waals surface area contributed by atoms with Gasteiger partial charge in [-0.15, -0.1) is 0 Å². The fraction of sp³-hybridized carbons (Fsp3) is 0.878. The molecule has 1 N–H and O–H groups in total. The van der Waals surface area contributed by atoms with Gasteiger partial charge in [0.05, 0.1) is 29.6 Å². The van der Waals surface area contributed by atoms with Crippen LogP contribution in [0.1, 0.15) is 241 Å². The topological polar surface area (TPSA) is 123 Å². The number of rotatable bonds is 41. The zero-order valence-corrected chi connectivity index (χ0v) is 37.6. The van der Waals surface area contributed by atoms with Crippen LogP contribution in [0.3, 0.4) is 0 Å². The summed E-state index contributed by atoms with van der Waals surface area (Å²) in [6, 6.07) is 0. The molecule has 7 nitrogen and oxygen atoms in total. The van der Waals surface area contributed by atoms with Crippen molar-refractivity contribution in [3.8, 4) is 0 Å². The molecule has 0 aromatic carbocycles. The number of ketones is 6. The van der Waals surface area contributed by atoms with Gasteiger partial charge in [0.25, 0.3) is 0 Å².